The van der Waals surface area contributed by atoms with E-state index in [1.165, 1.54) is 6.07 Å². The van der Waals surface area contributed by atoms with E-state index in [2.05, 4.69) is 25.6 Å². The zero-order valence-electron chi connectivity index (χ0n) is 18.2. The van der Waals surface area contributed by atoms with Crippen molar-refractivity contribution in [3.8, 4) is 17.1 Å². The number of methoxy groups -OCH3 is 1. The van der Waals surface area contributed by atoms with E-state index < -0.39 is 0 Å². The summed E-state index contributed by atoms with van der Waals surface area (Å²) in [6, 6.07) is 10.6. The Bertz CT molecular complexity index is 1430. The molecule has 0 saturated heterocycles. The highest BCUT2D eigenvalue weighted by Gasteiger charge is 2.48. The van der Waals surface area contributed by atoms with Gasteiger partial charge in [0.15, 0.2) is 0 Å². The number of hydrogen-bond donors (Lipinski definition) is 3. The van der Waals surface area contributed by atoms with Crippen LogP contribution in [0.25, 0.3) is 22.3 Å². The van der Waals surface area contributed by atoms with Gasteiger partial charge in [-0.3, -0.25) is 9.78 Å². The van der Waals surface area contributed by atoms with Crippen molar-refractivity contribution in [1.29, 1.82) is 0 Å². The molecule has 1 aliphatic heterocycles. The first kappa shape index (κ1) is 19.7. The average Bonchev–Trinajstić information content (AvgIpc) is 3.50. The standard InChI is InChI=1S/C25H22FN5O2/c1-3-12-15(26)5-4-6-16(12)28-24-20-22(14-11-18(14)29-25(20)32)31-23(24)13-9-10-27-17-7-8-19(33-2)30-21(13)17/h4-10,14,18,28,31H,3,11H2,1-2H3,(H,29,32)/t14-,18+/m1/s1. The van der Waals surface area contributed by atoms with Gasteiger partial charge in [-0.1, -0.05) is 13.0 Å². The molecule has 8 heteroatoms. The van der Waals surface area contributed by atoms with Gasteiger partial charge >= 0.3 is 0 Å². The molecule has 0 unspecified atom stereocenters. The van der Waals surface area contributed by atoms with Crippen LogP contribution in [0.4, 0.5) is 15.8 Å². The van der Waals surface area contributed by atoms with Gasteiger partial charge in [0.25, 0.3) is 5.91 Å². The minimum Gasteiger partial charge on any atom is -0.481 e. The number of anilines is 2. The molecule has 0 spiro atoms. The summed E-state index contributed by atoms with van der Waals surface area (Å²) in [6.07, 6.45) is 3.14. The molecule has 1 aliphatic carbocycles. The molecule has 2 atom stereocenters. The Labute approximate surface area is 189 Å². The third-order valence-electron chi connectivity index (χ3n) is 6.50. The van der Waals surface area contributed by atoms with Gasteiger partial charge in [-0.2, -0.15) is 0 Å². The number of fused-ring (bicyclic) bond motifs is 4. The molecule has 7 nitrogen and oxygen atoms in total. The average molecular weight is 443 g/mol. The number of hydrogen-bond acceptors (Lipinski definition) is 5. The fourth-order valence-corrected chi connectivity index (χ4v) is 4.77. The first-order valence-electron chi connectivity index (χ1n) is 11.0. The van der Waals surface area contributed by atoms with Gasteiger partial charge in [0.05, 0.1) is 29.6 Å². The Morgan fingerprint density at radius 2 is 2.12 bits per heavy atom. The van der Waals surface area contributed by atoms with Crippen LogP contribution in [0.15, 0.2) is 42.6 Å². The third kappa shape index (κ3) is 3.05. The van der Waals surface area contributed by atoms with E-state index in [0.29, 0.717) is 45.8 Å². The largest absolute Gasteiger partial charge is 0.481 e. The van der Waals surface area contributed by atoms with Gasteiger partial charge in [-0.05, 0) is 37.1 Å². The quantitative estimate of drug-likeness (QED) is 0.417. The maximum atomic E-state index is 14.5. The highest BCUT2D eigenvalue weighted by molar-refractivity contribution is 6.09. The number of halogens is 1. The molecule has 4 aromatic rings. The lowest BCUT2D eigenvalue weighted by Gasteiger charge is -2.17. The summed E-state index contributed by atoms with van der Waals surface area (Å²) in [6.45, 7) is 1.91. The molecule has 6 rings (SSSR count). The molecule has 1 saturated carbocycles. The molecule has 3 aromatic heterocycles. The van der Waals surface area contributed by atoms with Crippen LogP contribution >= 0.6 is 0 Å². The van der Waals surface area contributed by atoms with Gasteiger partial charge in [-0.15, -0.1) is 0 Å². The molecule has 166 valence electrons. The monoisotopic (exact) mass is 443 g/mol. The number of pyridine rings is 2. The number of carbonyl (C=O) groups is 1. The number of H-pyrrole nitrogens is 1. The fourth-order valence-electron chi connectivity index (χ4n) is 4.77. The summed E-state index contributed by atoms with van der Waals surface area (Å²) >= 11 is 0. The molecule has 33 heavy (non-hydrogen) atoms. The number of amides is 1. The Morgan fingerprint density at radius 3 is 2.94 bits per heavy atom. The van der Waals surface area contributed by atoms with Crippen LogP contribution in [0.2, 0.25) is 0 Å². The van der Waals surface area contributed by atoms with Crippen molar-refractivity contribution in [2.75, 3.05) is 12.4 Å². The molecule has 4 heterocycles. The molecule has 3 N–H and O–H groups in total. The molecule has 1 aromatic carbocycles. The summed E-state index contributed by atoms with van der Waals surface area (Å²) in [5, 5.41) is 6.47. The molecule has 0 bridgehead atoms. The van der Waals surface area contributed by atoms with Gasteiger partial charge < -0.3 is 20.4 Å². The van der Waals surface area contributed by atoms with Crippen molar-refractivity contribution in [3.63, 3.8) is 0 Å². The second-order valence-electron chi connectivity index (χ2n) is 8.41. The van der Waals surface area contributed by atoms with E-state index in [1.807, 2.05) is 25.1 Å². The van der Waals surface area contributed by atoms with Crippen LogP contribution in [-0.4, -0.2) is 34.0 Å². The van der Waals surface area contributed by atoms with E-state index >= 15 is 0 Å². The van der Waals surface area contributed by atoms with Crippen molar-refractivity contribution >= 4 is 28.3 Å². The van der Waals surface area contributed by atoms with Crippen molar-refractivity contribution in [3.05, 3.63) is 65.2 Å². The van der Waals surface area contributed by atoms with Crippen LogP contribution in [0.3, 0.4) is 0 Å². The number of nitrogens with zero attached hydrogens (tertiary/aromatic N) is 2. The number of benzene rings is 1. The van der Waals surface area contributed by atoms with Gasteiger partial charge in [0.2, 0.25) is 5.88 Å². The summed E-state index contributed by atoms with van der Waals surface area (Å²) in [7, 11) is 1.57. The van der Waals surface area contributed by atoms with Gasteiger partial charge in [-0.25, -0.2) is 9.37 Å². The van der Waals surface area contributed by atoms with Crippen molar-refractivity contribution in [2.24, 2.45) is 0 Å². The van der Waals surface area contributed by atoms with E-state index in [1.54, 1.807) is 25.4 Å². The number of rotatable bonds is 5. The first-order chi connectivity index (χ1) is 16.1. The van der Waals surface area contributed by atoms with Crippen LogP contribution in [0.1, 0.15) is 40.9 Å². The molecule has 1 amide bonds. The second-order valence-corrected chi connectivity index (χ2v) is 8.41. The Kier molecular flexibility index (Phi) is 4.36. The zero-order valence-corrected chi connectivity index (χ0v) is 18.2. The predicted molar refractivity (Wildman–Crippen MR) is 124 cm³/mol. The lowest BCUT2D eigenvalue weighted by Crippen LogP contribution is -2.31. The SMILES string of the molecule is CCc1c(F)cccc1Nc1c(-c2ccnc3ccc(OC)nc23)[nH]c2c1C(=O)N[C@H]1C[C@@H]21. The van der Waals surface area contributed by atoms with Crippen LogP contribution < -0.4 is 15.4 Å². The highest BCUT2D eigenvalue weighted by Crippen LogP contribution is 2.50. The maximum absolute atomic E-state index is 14.5. The summed E-state index contributed by atoms with van der Waals surface area (Å²) in [5.74, 6) is 0.315. The van der Waals surface area contributed by atoms with Crippen LogP contribution in [-0.2, 0) is 6.42 Å². The fraction of sp³-hybridized carbons (Fsp3) is 0.240. The number of carbonyl (C=O) groups excluding carboxylic acids is 1. The Morgan fingerprint density at radius 1 is 1.24 bits per heavy atom. The molecular weight excluding hydrogens is 421 g/mol. The first-order valence-corrected chi connectivity index (χ1v) is 11.0. The maximum Gasteiger partial charge on any atom is 0.255 e. The summed E-state index contributed by atoms with van der Waals surface area (Å²) in [5.41, 5.74) is 6.17. The van der Waals surface area contributed by atoms with Crippen LogP contribution in [0, 0.1) is 5.82 Å². The minimum absolute atomic E-state index is 0.132. The summed E-state index contributed by atoms with van der Waals surface area (Å²) < 4.78 is 19.9. The normalized spacial score (nSPS) is 18.5. The van der Waals surface area contributed by atoms with E-state index in [9.17, 15) is 9.18 Å². The number of ether oxygens (including phenoxy) is 1. The lowest BCUT2D eigenvalue weighted by atomic mass is 10.0. The summed E-state index contributed by atoms with van der Waals surface area (Å²) in [4.78, 5) is 25.6. The topological polar surface area (TPSA) is 91.9 Å². The Hall–Kier alpha value is -3.94. The third-order valence-corrected chi connectivity index (χ3v) is 6.50. The molecular formula is C25H22FN5O2. The molecule has 1 fully saturated rings. The predicted octanol–water partition coefficient (Wildman–Crippen LogP) is 4.68. The van der Waals surface area contributed by atoms with Crippen molar-refractivity contribution < 1.29 is 13.9 Å². The van der Waals surface area contributed by atoms with E-state index in [-0.39, 0.29) is 23.7 Å². The lowest BCUT2D eigenvalue weighted by molar-refractivity contribution is 0.0944. The minimum atomic E-state index is -0.277. The smallest absolute Gasteiger partial charge is 0.255 e. The Balaban J connectivity index is 1.60. The van der Waals surface area contributed by atoms with E-state index in [4.69, 9.17) is 4.74 Å². The number of aromatic amines is 1. The van der Waals surface area contributed by atoms with Crippen molar-refractivity contribution in [1.82, 2.24) is 20.3 Å². The van der Waals surface area contributed by atoms with Gasteiger partial charge in [0, 0.05) is 46.7 Å². The highest BCUT2D eigenvalue weighted by atomic mass is 19.1. The van der Waals surface area contributed by atoms with Crippen molar-refractivity contribution in [2.45, 2.75) is 31.7 Å². The molecule has 2 aliphatic rings. The van der Waals surface area contributed by atoms with E-state index in [0.717, 1.165) is 23.4 Å². The van der Waals surface area contributed by atoms with Crippen LogP contribution in [0.5, 0.6) is 5.88 Å². The van der Waals surface area contributed by atoms with Gasteiger partial charge in [0.1, 0.15) is 11.3 Å². The number of nitrogens with one attached hydrogen (secondary N) is 3. The molecule has 0 radical (unpaired) electrons. The zero-order chi connectivity index (χ0) is 22.7. The second kappa shape index (κ2) is 7.30. The number of aromatic nitrogens is 3.